The fourth-order valence-corrected chi connectivity index (χ4v) is 1.37. The lowest BCUT2D eigenvalue weighted by atomic mass is 10.1. The molecule has 1 rings (SSSR count). The first-order valence-corrected chi connectivity index (χ1v) is 5.52. The molecule has 0 aliphatic rings. The summed E-state index contributed by atoms with van der Waals surface area (Å²) < 4.78 is 1.08. The van der Waals surface area contributed by atoms with E-state index < -0.39 is 0 Å². The molecular formula is C11H14BrNO. The quantitative estimate of drug-likeness (QED) is 0.595. The van der Waals surface area contributed by atoms with Gasteiger partial charge in [0, 0.05) is 4.47 Å². The Morgan fingerprint density at radius 3 is 2.43 bits per heavy atom. The van der Waals surface area contributed by atoms with Gasteiger partial charge in [-0.15, -0.1) is 0 Å². The third-order valence-corrected chi connectivity index (χ3v) is 2.34. The Balaban J connectivity index is 2.84. The van der Waals surface area contributed by atoms with Crippen molar-refractivity contribution in [2.24, 2.45) is 5.16 Å². The molecule has 0 fully saturated rings. The third kappa shape index (κ3) is 3.14. The SMILES string of the molecule is CCO/N=C(\CC)c1ccc(Br)cc1. The molecule has 0 unspecified atom stereocenters. The van der Waals surface area contributed by atoms with E-state index >= 15 is 0 Å². The third-order valence-electron chi connectivity index (χ3n) is 1.82. The van der Waals surface area contributed by atoms with Crippen molar-refractivity contribution < 1.29 is 4.84 Å². The van der Waals surface area contributed by atoms with E-state index in [4.69, 9.17) is 4.84 Å². The Bertz CT molecular complexity index is 306. The fourth-order valence-electron chi connectivity index (χ4n) is 1.11. The van der Waals surface area contributed by atoms with Gasteiger partial charge in [-0.1, -0.05) is 40.1 Å². The zero-order valence-corrected chi connectivity index (χ0v) is 10.0. The Morgan fingerprint density at radius 1 is 1.29 bits per heavy atom. The summed E-state index contributed by atoms with van der Waals surface area (Å²) in [6.07, 6.45) is 0.877. The van der Waals surface area contributed by atoms with Crippen molar-refractivity contribution in [3.8, 4) is 0 Å². The number of rotatable bonds is 4. The van der Waals surface area contributed by atoms with Crippen molar-refractivity contribution in [2.75, 3.05) is 6.61 Å². The van der Waals surface area contributed by atoms with Gasteiger partial charge in [0.1, 0.15) is 6.61 Å². The van der Waals surface area contributed by atoms with E-state index in [0.717, 1.165) is 22.2 Å². The van der Waals surface area contributed by atoms with Crippen LogP contribution >= 0.6 is 15.9 Å². The summed E-state index contributed by atoms with van der Waals surface area (Å²) in [5, 5.41) is 4.06. The van der Waals surface area contributed by atoms with E-state index in [9.17, 15) is 0 Å². The topological polar surface area (TPSA) is 21.6 Å². The lowest BCUT2D eigenvalue weighted by Gasteiger charge is -2.03. The molecule has 2 nitrogen and oxygen atoms in total. The molecule has 0 aliphatic heterocycles. The minimum atomic E-state index is 0.611. The number of nitrogens with zero attached hydrogens (tertiary/aromatic N) is 1. The van der Waals surface area contributed by atoms with E-state index in [1.54, 1.807) is 0 Å². The van der Waals surface area contributed by atoms with Gasteiger partial charge in [-0.3, -0.25) is 0 Å². The van der Waals surface area contributed by atoms with Crippen LogP contribution in [-0.2, 0) is 4.84 Å². The Kier molecular flexibility index (Phi) is 4.66. The molecule has 0 saturated heterocycles. The van der Waals surface area contributed by atoms with Crippen LogP contribution in [0, 0.1) is 0 Å². The molecule has 0 bridgehead atoms. The summed E-state index contributed by atoms with van der Waals surface area (Å²) in [6, 6.07) is 8.08. The fraction of sp³-hybridized carbons (Fsp3) is 0.364. The smallest absolute Gasteiger partial charge is 0.114 e. The molecule has 76 valence electrons. The lowest BCUT2D eigenvalue weighted by molar-refractivity contribution is 0.158. The summed E-state index contributed by atoms with van der Waals surface area (Å²) in [7, 11) is 0. The van der Waals surface area contributed by atoms with Crippen molar-refractivity contribution in [1.82, 2.24) is 0 Å². The van der Waals surface area contributed by atoms with Crippen LogP contribution in [-0.4, -0.2) is 12.3 Å². The maximum absolute atomic E-state index is 5.05. The molecule has 0 spiro atoms. The maximum Gasteiger partial charge on any atom is 0.114 e. The van der Waals surface area contributed by atoms with Gasteiger partial charge in [0.05, 0.1) is 5.71 Å². The van der Waals surface area contributed by atoms with Crippen LogP contribution in [0.4, 0.5) is 0 Å². The van der Waals surface area contributed by atoms with Crippen LogP contribution < -0.4 is 0 Å². The number of halogens is 1. The summed E-state index contributed by atoms with van der Waals surface area (Å²) in [6.45, 7) is 4.61. The first kappa shape index (κ1) is 11.2. The second kappa shape index (κ2) is 5.81. The van der Waals surface area contributed by atoms with Crippen LogP contribution in [0.1, 0.15) is 25.8 Å². The average molecular weight is 256 g/mol. The van der Waals surface area contributed by atoms with E-state index in [2.05, 4.69) is 28.0 Å². The van der Waals surface area contributed by atoms with Gasteiger partial charge >= 0.3 is 0 Å². The molecule has 0 saturated carbocycles. The zero-order valence-electron chi connectivity index (χ0n) is 8.46. The lowest BCUT2D eigenvalue weighted by Crippen LogP contribution is -2.00. The van der Waals surface area contributed by atoms with Crippen molar-refractivity contribution in [2.45, 2.75) is 20.3 Å². The Hall–Kier alpha value is -0.830. The monoisotopic (exact) mass is 255 g/mol. The predicted octanol–water partition coefficient (Wildman–Crippen LogP) is 3.60. The highest BCUT2D eigenvalue weighted by molar-refractivity contribution is 9.10. The molecular weight excluding hydrogens is 242 g/mol. The van der Waals surface area contributed by atoms with Gasteiger partial charge in [0.2, 0.25) is 0 Å². The van der Waals surface area contributed by atoms with E-state index in [0.29, 0.717) is 6.61 Å². The first-order chi connectivity index (χ1) is 6.77. The molecule has 0 aliphatic carbocycles. The molecule has 0 atom stereocenters. The minimum Gasteiger partial charge on any atom is -0.396 e. The van der Waals surface area contributed by atoms with Crippen LogP contribution in [0.15, 0.2) is 33.9 Å². The van der Waals surface area contributed by atoms with Crippen LogP contribution in [0.3, 0.4) is 0 Å². The molecule has 0 N–H and O–H groups in total. The molecule has 1 aromatic rings. The summed E-state index contributed by atoms with van der Waals surface area (Å²) in [5.74, 6) is 0. The van der Waals surface area contributed by atoms with Crippen molar-refractivity contribution >= 4 is 21.6 Å². The van der Waals surface area contributed by atoms with Gasteiger partial charge < -0.3 is 4.84 Å². The Labute approximate surface area is 93.1 Å². The highest BCUT2D eigenvalue weighted by Gasteiger charge is 2.00. The number of oxime groups is 1. The predicted molar refractivity (Wildman–Crippen MR) is 62.6 cm³/mol. The molecule has 0 radical (unpaired) electrons. The van der Waals surface area contributed by atoms with Gasteiger partial charge in [0.15, 0.2) is 0 Å². The second-order valence-corrected chi connectivity index (χ2v) is 3.73. The normalized spacial score (nSPS) is 11.5. The number of hydrogen-bond donors (Lipinski definition) is 0. The largest absolute Gasteiger partial charge is 0.396 e. The van der Waals surface area contributed by atoms with E-state index in [1.165, 1.54) is 0 Å². The molecule has 0 aromatic heterocycles. The van der Waals surface area contributed by atoms with Crippen LogP contribution in [0.25, 0.3) is 0 Å². The standard InChI is InChI=1S/C11H14BrNO/c1-3-11(13-14-4-2)9-5-7-10(12)8-6-9/h5-8H,3-4H2,1-2H3/b13-11+. The van der Waals surface area contributed by atoms with Gasteiger partial charge in [-0.25, -0.2) is 0 Å². The zero-order chi connectivity index (χ0) is 10.4. The molecule has 14 heavy (non-hydrogen) atoms. The van der Waals surface area contributed by atoms with Crippen LogP contribution in [0.2, 0.25) is 0 Å². The first-order valence-electron chi connectivity index (χ1n) is 4.72. The molecule has 0 amide bonds. The maximum atomic E-state index is 5.05. The van der Waals surface area contributed by atoms with Crippen molar-refractivity contribution in [1.29, 1.82) is 0 Å². The highest BCUT2D eigenvalue weighted by atomic mass is 79.9. The minimum absolute atomic E-state index is 0.611. The molecule has 0 heterocycles. The Morgan fingerprint density at radius 2 is 1.93 bits per heavy atom. The average Bonchev–Trinajstić information content (AvgIpc) is 2.21. The van der Waals surface area contributed by atoms with Gasteiger partial charge in [-0.2, -0.15) is 0 Å². The number of hydrogen-bond acceptors (Lipinski definition) is 2. The van der Waals surface area contributed by atoms with Gasteiger partial charge in [0.25, 0.3) is 0 Å². The summed E-state index contributed by atoms with van der Waals surface area (Å²) in [5.41, 5.74) is 2.10. The molecule has 3 heteroatoms. The van der Waals surface area contributed by atoms with Crippen LogP contribution in [0.5, 0.6) is 0 Å². The van der Waals surface area contributed by atoms with E-state index in [-0.39, 0.29) is 0 Å². The summed E-state index contributed by atoms with van der Waals surface area (Å²) >= 11 is 3.40. The summed E-state index contributed by atoms with van der Waals surface area (Å²) in [4.78, 5) is 5.05. The number of benzene rings is 1. The van der Waals surface area contributed by atoms with Gasteiger partial charge in [-0.05, 0) is 31.0 Å². The highest BCUT2D eigenvalue weighted by Crippen LogP contribution is 2.12. The van der Waals surface area contributed by atoms with E-state index in [1.807, 2.05) is 31.2 Å². The second-order valence-electron chi connectivity index (χ2n) is 2.82. The van der Waals surface area contributed by atoms with Crippen molar-refractivity contribution in [3.05, 3.63) is 34.3 Å². The molecule has 1 aromatic carbocycles. The van der Waals surface area contributed by atoms with Crippen molar-refractivity contribution in [3.63, 3.8) is 0 Å².